The molecule has 0 aliphatic carbocycles. The number of hydrogen-bond acceptors (Lipinski definition) is 4. The van der Waals surface area contributed by atoms with Crippen LogP contribution in [0.1, 0.15) is 40.6 Å². The van der Waals surface area contributed by atoms with Crippen molar-refractivity contribution in [1.29, 1.82) is 0 Å². The molecule has 7 nitrogen and oxygen atoms in total. The minimum absolute atomic E-state index is 0.0220. The Labute approximate surface area is 158 Å². The molecule has 4 rings (SSSR count). The van der Waals surface area contributed by atoms with Crippen LogP contribution in [0.4, 0.5) is 10.5 Å². The predicted octanol–water partition coefficient (Wildman–Crippen LogP) is 2.33. The Morgan fingerprint density at radius 2 is 2.00 bits per heavy atom. The zero-order valence-electron chi connectivity index (χ0n) is 15.4. The molecule has 2 aliphatic heterocycles. The van der Waals surface area contributed by atoms with E-state index in [1.807, 2.05) is 42.2 Å². The number of aryl methyl sites for hydroxylation is 1. The number of hydrogen-bond donors (Lipinski definition) is 1. The Hall–Kier alpha value is -2.96. The smallest absolute Gasteiger partial charge is 0.321 e. The van der Waals surface area contributed by atoms with Crippen molar-refractivity contribution in [2.24, 2.45) is 0 Å². The normalized spacial score (nSPS) is 17.9. The summed E-state index contributed by atoms with van der Waals surface area (Å²) in [7, 11) is 0. The summed E-state index contributed by atoms with van der Waals surface area (Å²) in [6.45, 7) is 4.57. The second kappa shape index (κ2) is 7.34. The van der Waals surface area contributed by atoms with E-state index in [2.05, 4.69) is 15.3 Å². The maximum absolute atomic E-state index is 12.9. The number of nitrogens with one attached hydrogen (secondary N) is 1. The third-order valence-corrected chi connectivity index (χ3v) is 5.26. The Bertz CT molecular complexity index is 861. The van der Waals surface area contributed by atoms with Crippen LogP contribution in [0, 0.1) is 6.92 Å². The van der Waals surface area contributed by atoms with Gasteiger partial charge in [0.25, 0.3) is 5.91 Å². The first-order chi connectivity index (χ1) is 13.1. The Morgan fingerprint density at radius 1 is 1.19 bits per heavy atom. The lowest BCUT2D eigenvalue weighted by Crippen LogP contribution is -2.38. The number of aromatic nitrogens is 2. The number of nitrogens with zero attached hydrogens (tertiary/aromatic N) is 4. The lowest BCUT2D eigenvalue weighted by molar-refractivity contribution is 0.0712. The van der Waals surface area contributed by atoms with Crippen LogP contribution in [0.25, 0.3) is 0 Å². The van der Waals surface area contributed by atoms with Gasteiger partial charge >= 0.3 is 6.03 Å². The maximum atomic E-state index is 12.9. The van der Waals surface area contributed by atoms with Crippen LogP contribution in [0.5, 0.6) is 0 Å². The van der Waals surface area contributed by atoms with Crippen molar-refractivity contribution in [2.45, 2.75) is 25.7 Å². The third-order valence-electron chi connectivity index (χ3n) is 5.26. The highest BCUT2D eigenvalue weighted by Gasteiger charge is 2.27. The number of rotatable bonds is 3. The molecule has 2 aromatic rings. The third kappa shape index (κ3) is 3.63. The summed E-state index contributed by atoms with van der Waals surface area (Å²) in [6.07, 6.45) is 3.60. The highest BCUT2D eigenvalue weighted by atomic mass is 16.2. The molecule has 1 aromatic carbocycles. The van der Waals surface area contributed by atoms with Gasteiger partial charge in [-0.3, -0.25) is 9.69 Å². The topological polar surface area (TPSA) is 78.4 Å². The lowest BCUT2D eigenvalue weighted by atomic mass is 9.93. The predicted molar refractivity (Wildman–Crippen MR) is 102 cm³/mol. The summed E-state index contributed by atoms with van der Waals surface area (Å²) in [6, 6.07) is 9.20. The molecule has 0 radical (unpaired) electrons. The molecule has 7 heteroatoms. The number of piperidine rings is 1. The van der Waals surface area contributed by atoms with Gasteiger partial charge in [-0.2, -0.15) is 0 Å². The Balaban J connectivity index is 1.43. The van der Waals surface area contributed by atoms with Crippen LogP contribution in [0.15, 0.2) is 36.5 Å². The summed E-state index contributed by atoms with van der Waals surface area (Å²) in [5.74, 6) is 1.18. The molecule has 1 aromatic heterocycles. The molecule has 3 amide bonds. The van der Waals surface area contributed by atoms with Crippen LogP contribution in [-0.4, -0.2) is 53.0 Å². The largest absolute Gasteiger partial charge is 0.339 e. The number of likely N-dealkylation sites (tertiary alicyclic amines) is 1. The Kier molecular flexibility index (Phi) is 4.75. The molecule has 0 saturated carbocycles. The average Bonchev–Trinajstić information content (AvgIpc) is 3.13. The van der Waals surface area contributed by atoms with Gasteiger partial charge in [0.1, 0.15) is 5.82 Å². The van der Waals surface area contributed by atoms with Gasteiger partial charge in [0, 0.05) is 55.2 Å². The fourth-order valence-corrected chi connectivity index (χ4v) is 3.79. The van der Waals surface area contributed by atoms with E-state index < -0.39 is 0 Å². The van der Waals surface area contributed by atoms with Gasteiger partial charge in [0.15, 0.2) is 0 Å². The highest BCUT2D eigenvalue weighted by Crippen LogP contribution is 2.28. The Morgan fingerprint density at radius 3 is 2.70 bits per heavy atom. The molecule has 140 valence electrons. The molecule has 2 saturated heterocycles. The monoisotopic (exact) mass is 365 g/mol. The minimum atomic E-state index is -0.111. The van der Waals surface area contributed by atoms with Crippen LogP contribution in [0.2, 0.25) is 0 Å². The first-order valence-corrected chi connectivity index (χ1v) is 9.36. The number of amides is 3. The molecule has 0 unspecified atom stereocenters. The SMILES string of the molecule is Cc1nccc(C2CCN(C(=O)c3cccc(N4CCNC4=O)c3)CC2)n1. The van der Waals surface area contributed by atoms with E-state index in [-0.39, 0.29) is 11.9 Å². The van der Waals surface area contributed by atoms with E-state index in [0.717, 1.165) is 30.0 Å². The molecule has 27 heavy (non-hydrogen) atoms. The van der Waals surface area contributed by atoms with Gasteiger partial charge in [-0.15, -0.1) is 0 Å². The summed E-state index contributed by atoms with van der Waals surface area (Å²) >= 11 is 0. The molecular weight excluding hydrogens is 342 g/mol. The number of carbonyl (C=O) groups excluding carboxylic acids is 2. The fourth-order valence-electron chi connectivity index (χ4n) is 3.79. The molecule has 3 heterocycles. The molecular formula is C20H23N5O2. The summed E-state index contributed by atoms with van der Waals surface area (Å²) < 4.78 is 0. The first-order valence-electron chi connectivity index (χ1n) is 9.36. The van der Waals surface area contributed by atoms with Gasteiger partial charge < -0.3 is 10.2 Å². The van der Waals surface area contributed by atoms with E-state index in [4.69, 9.17) is 0 Å². The summed E-state index contributed by atoms with van der Waals surface area (Å²) in [5.41, 5.74) is 2.46. The van der Waals surface area contributed by atoms with Crippen LogP contribution >= 0.6 is 0 Å². The molecule has 0 atom stereocenters. The maximum Gasteiger partial charge on any atom is 0.321 e. The van der Waals surface area contributed by atoms with Crippen LogP contribution in [-0.2, 0) is 0 Å². The van der Waals surface area contributed by atoms with E-state index in [9.17, 15) is 9.59 Å². The van der Waals surface area contributed by atoms with Crippen molar-refractivity contribution in [3.05, 3.63) is 53.6 Å². The van der Waals surface area contributed by atoms with Crippen LogP contribution < -0.4 is 10.2 Å². The molecule has 0 bridgehead atoms. The number of benzene rings is 1. The van der Waals surface area contributed by atoms with Crippen LogP contribution in [0.3, 0.4) is 0 Å². The van der Waals surface area contributed by atoms with Crippen molar-refractivity contribution in [2.75, 3.05) is 31.1 Å². The van der Waals surface area contributed by atoms with Gasteiger partial charge in [-0.05, 0) is 44.0 Å². The standard InChI is InChI=1S/C20H23N5O2/c1-14-21-8-5-18(23-14)15-6-10-24(11-7-15)19(26)16-3-2-4-17(13-16)25-12-9-22-20(25)27/h2-5,8,13,15H,6-7,9-12H2,1H3,(H,22,27). The van der Waals surface area contributed by atoms with Crippen molar-refractivity contribution in [3.63, 3.8) is 0 Å². The van der Waals surface area contributed by atoms with Gasteiger partial charge in [0.05, 0.1) is 0 Å². The second-order valence-corrected chi connectivity index (χ2v) is 7.03. The molecule has 2 fully saturated rings. The molecule has 0 spiro atoms. The van der Waals surface area contributed by atoms with E-state index >= 15 is 0 Å². The van der Waals surface area contributed by atoms with E-state index in [1.165, 1.54) is 0 Å². The van der Waals surface area contributed by atoms with Gasteiger partial charge in [-0.25, -0.2) is 14.8 Å². The summed E-state index contributed by atoms with van der Waals surface area (Å²) in [4.78, 5) is 37.0. The second-order valence-electron chi connectivity index (χ2n) is 7.03. The molecule has 1 N–H and O–H groups in total. The average molecular weight is 365 g/mol. The molecule has 2 aliphatic rings. The number of carbonyl (C=O) groups is 2. The first kappa shape index (κ1) is 17.5. The minimum Gasteiger partial charge on any atom is -0.339 e. The highest BCUT2D eigenvalue weighted by molar-refractivity contribution is 5.98. The van der Waals surface area contributed by atoms with E-state index in [0.29, 0.717) is 37.7 Å². The van der Waals surface area contributed by atoms with Crippen molar-refractivity contribution in [3.8, 4) is 0 Å². The van der Waals surface area contributed by atoms with E-state index in [1.54, 1.807) is 11.1 Å². The lowest BCUT2D eigenvalue weighted by Gasteiger charge is -2.32. The zero-order chi connectivity index (χ0) is 18.8. The number of anilines is 1. The fraction of sp³-hybridized carbons (Fsp3) is 0.400. The zero-order valence-corrected chi connectivity index (χ0v) is 15.4. The number of urea groups is 1. The van der Waals surface area contributed by atoms with Gasteiger partial charge in [-0.1, -0.05) is 6.07 Å². The van der Waals surface area contributed by atoms with Crippen molar-refractivity contribution >= 4 is 17.6 Å². The van der Waals surface area contributed by atoms with Crippen molar-refractivity contribution < 1.29 is 9.59 Å². The summed E-state index contributed by atoms with van der Waals surface area (Å²) in [5, 5.41) is 2.79. The quantitative estimate of drug-likeness (QED) is 0.905. The van der Waals surface area contributed by atoms with Crippen molar-refractivity contribution in [1.82, 2.24) is 20.2 Å². The van der Waals surface area contributed by atoms with Gasteiger partial charge in [0.2, 0.25) is 0 Å².